The highest BCUT2D eigenvalue weighted by atomic mass is 16.5. The first-order chi connectivity index (χ1) is 10.4. The van der Waals surface area contributed by atoms with E-state index in [0.717, 1.165) is 29.6 Å². The lowest BCUT2D eigenvalue weighted by Crippen LogP contribution is -2.47. The highest BCUT2D eigenvalue weighted by molar-refractivity contribution is 5.80. The summed E-state index contributed by atoms with van der Waals surface area (Å²) in [6.45, 7) is 12.4. The van der Waals surface area contributed by atoms with Gasteiger partial charge in [0.2, 0.25) is 0 Å². The van der Waals surface area contributed by atoms with Crippen LogP contribution in [0.3, 0.4) is 0 Å². The minimum atomic E-state index is -0.0302. The van der Waals surface area contributed by atoms with Gasteiger partial charge in [-0.1, -0.05) is 6.07 Å². The summed E-state index contributed by atoms with van der Waals surface area (Å²) in [5.41, 5.74) is 1.05. The molecule has 0 aliphatic carbocycles. The number of nitrogens with one attached hydrogen (secondary N) is 2. The molecule has 1 rings (SSSR count). The summed E-state index contributed by atoms with van der Waals surface area (Å²) in [7, 11) is 1.65. The molecule has 0 saturated heterocycles. The molecule has 5 heteroatoms. The van der Waals surface area contributed by atoms with Crippen LogP contribution in [0, 0.1) is 0 Å². The van der Waals surface area contributed by atoms with Crippen molar-refractivity contribution in [3.05, 3.63) is 23.8 Å². The molecule has 5 nitrogen and oxygen atoms in total. The first-order valence-corrected chi connectivity index (χ1v) is 7.75. The number of hydrogen-bond donors (Lipinski definition) is 2. The topological polar surface area (TPSA) is 54.9 Å². The maximum Gasteiger partial charge on any atom is 0.191 e. The second-order valence-corrected chi connectivity index (χ2v) is 5.99. The largest absolute Gasteiger partial charge is 0.493 e. The minimum absolute atomic E-state index is 0.0302. The lowest BCUT2D eigenvalue weighted by atomic mass is 10.1. The van der Waals surface area contributed by atoms with Gasteiger partial charge >= 0.3 is 0 Å². The zero-order chi connectivity index (χ0) is 16.6. The van der Waals surface area contributed by atoms with Crippen molar-refractivity contribution in [3.8, 4) is 11.5 Å². The number of hydrogen-bond acceptors (Lipinski definition) is 3. The Morgan fingerprint density at radius 1 is 1.18 bits per heavy atom. The number of benzene rings is 1. The van der Waals surface area contributed by atoms with Gasteiger partial charge in [-0.15, -0.1) is 0 Å². The SMILES string of the molecule is CCNC(=NCc1ccc(OCC)c(OC)c1)NC(C)(C)C. The van der Waals surface area contributed by atoms with Crippen LogP contribution < -0.4 is 20.1 Å². The molecular weight excluding hydrogens is 278 g/mol. The molecule has 1 aromatic rings. The standard InChI is InChI=1S/C17H29N3O2/c1-7-18-16(20-17(3,4)5)19-12-13-9-10-14(22-8-2)15(11-13)21-6/h9-11H,7-8,12H2,1-6H3,(H2,18,19,20). The van der Waals surface area contributed by atoms with Gasteiger partial charge in [-0.25, -0.2) is 4.99 Å². The zero-order valence-corrected chi connectivity index (χ0v) is 14.6. The first kappa shape index (κ1) is 18.1. The van der Waals surface area contributed by atoms with E-state index >= 15 is 0 Å². The van der Waals surface area contributed by atoms with Gasteiger partial charge in [0.15, 0.2) is 17.5 Å². The molecule has 0 spiro atoms. The molecule has 0 saturated carbocycles. The maximum atomic E-state index is 5.53. The van der Waals surface area contributed by atoms with E-state index in [0.29, 0.717) is 13.2 Å². The van der Waals surface area contributed by atoms with Gasteiger partial charge in [-0.2, -0.15) is 0 Å². The molecule has 0 unspecified atom stereocenters. The van der Waals surface area contributed by atoms with Crippen molar-refractivity contribution in [1.82, 2.24) is 10.6 Å². The third-order valence-corrected chi connectivity index (χ3v) is 2.79. The molecule has 0 radical (unpaired) electrons. The summed E-state index contributed by atoms with van der Waals surface area (Å²) >= 11 is 0. The van der Waals surface area contributed by atoms with E-state index in [-0.39, 0.29) is 5.54 Å². The molecule has 1 aromatic carbocycles. The van der Waals surface area contributed by atoms with Crippen molar-refractivity contribution >= 4 is 5.96 Å². The van der Waals surface area contributed by atoms with E-state index in [9.17, 15) is 0 Å². The fourth-order valence-electron chi connectivity index (χ4n) is 1.92. The molecule has 0 amide bonds. The normalized spacial score (nSPS) is 12.0. The van der Waals surface area contributed by atoms with Crippen LogP contribution in [-0.4, -0.2) is 31.8 Å². The lowest BCUT2D eigenvalue weighted by molar-refractivity contribution is 0.310. The molecule has 0 aromatic heterocycles. The van der Waals surface area contributed by atoms with Gasteiger partial charge in [0.05, 0.1) is 20.3 Å². The van der Waals surface area contributed by atoms with Crippen molar-refractivity contribution in [2.45, 2.75) is 46.7 Å². The van der Waals surface area contributed by atoms with Crippen LogP contribution in [-0.2, 0) is 6.54 Å². The Balaban J connectivity index is 2.85. The first-order valence-electron chi connectivity index (χ1n) is 7.75. The Morgan fingerprint density at radius 2 is 1.91 bits per heavy atom. The summed E-state index contributed by atoms with van der Waals surface area (Å²) in [6.07, 6.45) is 0. The van der Waals surface area contributed by atoms with Gasteiger partial charge in [-0.05, 0) is 52.3 Å². The molecule has 0 aliphatic heterocycles. The van der Waals surface area contributed by atoms with Crippen LogP contribution in [0.4, 0.5) is 0 Å². The number of rotatable bonds is 6. The van der Waals surface area contributed by atoms with Crippen LogP contribution in [0.25, 0.3) is 0 Å². The van der Waals surface area contributed by atoms with Crippen molar-refractivity contribution < 1.29 is 9.47 Å². The Kier molecular flexibility index (Phi) is 7.02. The number of aliphatic imine (C=N–C) groups is 1. The summed E-state index contributed by atoms with van der Waals surface area (Å²) < 4.78 is 10.9. The summed E-state index contributed by atoms with van der Waals surface area (Å²) in [5.74, 6) is 2.31. The molecule has 0 atom stereocenters. The van der Waals surface area contributed by atoms with Gasteiger partial charge in [-0.3, -0.25) is 0 Å². The van der Waals surface area contributed by atoms with E-state index < -0.39 is 0 Å². The molecule has 0 bridgehead atoms. The second kappa shape index (κ2) is 8.51. The molecule has 124 valence electrons. The van der Waals surface area contributed by atoms with E-state index in [1.165, 1.54) is 0 Å². The van der Waals surface area contributed by atoms with Crippen LogP contribution in [0.1, 0.15) is 40.2 Å². The summed E-state index contributed by atoms with van der Waals surface area (Å²) in [5, 5.41) is 6.62. The second-order valence-electron chi connectivity index (χ2n) is 5.99. The quantitative estimate of drug-likeness (QED) is 0.627. The van der Waals surface area contributed by atoms with E-state index in [4.69, 9.17) is 9.47 Å². The van der Waals surface area contributed by atoms with Crippen LogP contribution in [0.2, 0.25) is 0 Å². The molecular formula is C17H29N3O2. The van der Waals surface area contributed by atoms with Gasteiger partial charge in [0.25, 0.3) is 0 Å². The Hall–Kier alpha value is -1.91. The summed E-state index contributed by atoms with van der Waals surface area (Å²) in [4.78, 5) is 4.62. The molecule has 0 heterocycles. The molecule has 22 heavy (non-hydrogen) atoms. The predicted molar refractivity (Wildman–Crippen MR) is 91.9 cm³/mol. The lowest BCUT2D eigenvalue weighted by Gasteiger charge is -2.23. The Bertz CT molecular complexity index is 493. The average molecular weight is 307 g/mol. The smallest absolute Gasteiger partial charge is 0.191 e. The van der Waals surface area contributed by atoms with E-state index in [1.807, 2.05) is 25.1 Å². The van der Waals surface area contributed by atoms with Crippen molar-refractivity contribution in [2.75, 3.05) is 20.3 Å². The van der Waals surface area contributed by atoms with Gasteiger partial charge in [0.1, 0.15) is 0 Å². The van der Waals surface area contributed by atoms with E-state index in [1.54, 1.807) is 7.11 Å². The Labute approximate surface area is 134 Å². The van der Waals surface area contributed by atoms with Crippen molar-refractivity contribution in [3.63, 3.8) is 0 Å². The van der Waals surface area contributed by atoms with Crippen LogP contribution in [0.15, 0.2) is 23.2 Å². The number of guanidine groups is 1. The van der Waals surface area contributed by atoms with Crippen LogP contribution in [0.5, 0.6) is 11.5 Å². The number of ether oxygens (including phenoxy) is 2. The van der Waals surface area contributed by atoms with Gasteiger partial charge < -0.3 is 20.1 Å². The third-order valence-electron chi connectivity index (χ3n) is 2.79. The summed E-state index contributed by atoms with van der Waals surface area (Å²) in [6, 6.07) is 5.91. The molecule has 0 fully saturated rings. The molecule has 0 aliphatic rings. The minimum Gasteiger partial charge on any atom is -0.493 e. The zero-order valence-electron chi connectivity index (χ0n) is 14.6. The van der Waals surface area contributed by atoms with Crippen molar-refractivity contribution in [2.24, 2.45) is 4.99 Å². The van der Waals surface area contributed by atoms with Crippen LogP contribution >= 0.6 is 0 Å². The average Bonchev–Trinajstić information content (AvgIpc) is 2.45. The fraction of sp³-hybridized carbons (Fsp3) is 0.588. The third kappa shape index (κ3) is 6.24. The maximum absolute atomic E-state index is 5.53. The fourth-order valence-corrected chi connectivity index (χ4v) is 1.92. The number of nitrogens with zero attached hydrogens (tertiary/aromatic N) is 1. The highest BCUT2D eigenvalue weighted by Gasteiger charge is 2.11. The highest BCUT2D eigenvalue weighted by Crippen LogP contribution is 2.28. The molecule has 2 N–H and O–H groups in total. The van der Waals surface area contributed by atoms with Crippen molar-refractivity contribution in [1.29, 1.82) is 0 Å². The van der Waals surface area contributed by atoms with E-state index in [2.05, 4.69) is 43.3 Å². The Morgan fingerprint density at radius 3 is 2.45 bits per heavy atom. The number of methoxy groups -OCH3 is 1. The monoisotopic (exact) mass is 307 g/mol. The van der Waals surface area contributed by atoms with Gasteiger partial charge in [0, 0.05) is 12.1 Å². The predicted octanol–water partition coefficient (Wildman–Crippen LogP) is 2.95.